The highest BCUT2D eigenvalue weighted by Crippen LogP contribution is 1.99. The normalized spacial score (nSPS) is 14.3. The molecule has 0 rings (SSSR count). The van der Waals surface area contributed by atoms with E-state index in [1.165, 1.54) is 7.11 Å². The number of hydrogen-bond donors (Lipinski definition) is 1. The summed E-state index contributed by atoms with van der Waals surface area (Å²) in [5, 5.41) is 8.87. The van der Waals surface area contributed by atoms with Crippen molar-refractivity contribution in [3.05, 3.63) is 11.6 Å². The molecule has 0 aliphatic rings. The fourth-order valence-electron chi connectivity index (χ4n) is 0.845. The molecule has 0 saturated heterocycles. The summed E-state index contributed by atoms with van der Waals surface area (Å²) >= 11 is 0. The van der Waals surface area contributed by atoms with Gasteiger partial charge in [-0.1, -0.05) is 6.08 Å². The van der Waals surface area contributed by atoms with E-state index in [0.717, 1.165) is 0 Å². The number of carbonyl (C=O) groups is 1. The second kappa shape index (κ2) is 6.56. The van der Waals surface area contributed by atoms with Gasteiger partial charge in [0.25, 0.3) is 0 Å². The van der Waals surface area contributed by atoms with Crippen molar-refractivity contribution in [1.29, 1.82) is 0 Å². The summed E-state index contributed by atoms with van der Waals surface area (Å²) in [6.07, 6.45) is 1.79. The lowest BCUT2D eigenvalue weighted by molar-refractivity contribution is -0.136. The van der Waals surface area contributed by atoms with E-state index >= 15 is 0 Å². The van der Waals surface area contributed by atoms with Gasteiger partial charge in [0, 0.05) is 18.2 Å². The molecule has 0 spiro atoms. The van der Waals surface area contributed by atoms with Gasteiger partial charge in [0.05, 0.1) is 13.7 Å². The van der Waals surface area contributed by atoms with Gasteiger partial charge >= 0.3 is 5.97 Å². The first-order valence-electron chi connectivity index (χ1n) is 4.59. The molecule has 0 aromatic carbocycles. The molecule has 0 aliphatic heterocycles. The standard InChI is InChI=1S/C10H19NO3/c1-8(10(13)14-4)5-6-11(3)9(2)7-12/h5,9,12H,6-7H2,1-4H3. The van der Waals surface area contributed by atoms with Crippen LogP contribution in [0.1, 0.15) is 13.8 Å². The van der Waals surface area contributed by atoms with Crippen LogP contribution in [0.25, 0.3) is 0 Å². The Morgan fingerprint density at radius 1 is 1.64 bits per heavy atom. The Kier molecular flexibility index (Phi) is 6.16. The molecule has 0 radical (unpaired) electrons. The van der Waals surface area contributed by atoms with Gasteiger partial charge in [-0.3, -0.25) is 4.90 Å². The smallest absolute Gasteiger partial charge is 0.333 e. The molecule has 82 valence electrons. The summed E-state index contributed by atoms with van der Waals surface area (Å²) in [6.45, 7) is 4.37. The van der Waals surface area contributed by atoms with E-state index in [2.05, 4.69) is 4.74 Å². The predicted molar refractivity (Wildman–Crippen MR) is 55.0 cm³/mol. The van der Waals surface area contributed by atoms with Crippen molar-refractivity contribution >= 4 is 5.97 Å². The fourth-order valence-corrected chi connectivity index (χ4v) is 0.845. The topological polar surface area (TPSA) is 49.8 Å². The number of nitrogens with zero attached hydrogens (tertiary/aromatic N) is 1. The summed E-state index contributed by atoms with van der Waals surface area (Å²) < 4.78 is 4.56. The molecule has 0 bridgehead atoms. The maximum absolute atomic E-state index is 11.0. The molecule has 4 heteroatoms. The van der Waals surface area contributed by atoms with Crippen LogP contribution in [0.5, 0.6) is 0 Å². The van der Waals surface area contributed by atoms with E-state index in [1.807, 2.05) is 18.9 Å². The summed E-state index contributed by atoms with van der Waals surface area (Å²) in [5.41, 5.74) is 0.587. The minimum absolute atomic E-state index is 0.0942. The molecule has 0 saturated carbocycles. The molecular formula is C10H19NO3. The van der Waals surface area contributed by atoms with Crippen molar-refractivity contribution < 1.29 is 14.6 Å². The van der Waals surface area contributed by atoms with E-state index in [4.69, 9.17) is 5.11 Å². The van der Waals surface area contributed by atoms with Crippen LogP contribution < -0.4 is 0 Å². The molecule has 0 fully saturated rings. The van der Waals surface area contributed by atoms with Gasteiger partial charge in [-0.2, -0.15) is 0 Å². The lowest BCUT2D eigenvalue weighted by Crippen LogP contribution is -2.32. The third kappa shape index (κ3) is 4.39. The minimum Gasteiger partial charge on any atom is -0.466 e. The third-order valence-electron chi connectivity index (χ3n) is 2.21. The van der Waals surface area contributed by atoms with Gasteiger partial charge in [-0.25, -0.2) is 4.79 Å². The number of hydrogen-bond acceptors (Lipinski definition) is 4. The Balaban J connectivity index is 4.08. The highest BCUT2D eigenvalue weighted by molar-refractivity contribution is 5.87. The molecule has 0 aromatic heterocycles. The van der Waals surface area contributed by atoms with E-state index in [-0.39, 0.29) is 18.6 Å². The van der Waals surface area contributed by atoms with Crippen LogP contribution in [0, 0.1) is 0 Å². The quantitative estimate of drug-likeness (QED) is 0.517. The largest absolute Gasteiger partial charge is 0.466 e. The molecule has 0 aliphatic carbocycles. The first-order chi connectivity index (χ1) is 6.52. The molecule has 1 N–H and O–H groups in total. The van der Waals surface area contributed by atoms with Gasteiger partial charge in [0.1, 0.15) is 0 Å². The minimum atomic E-state index is -0.310. The van der Waals surface area contributed by atoms with E-state index < -0.39 is 0 Å². The van der Waals surface area contributed by atoms with Gasteiger partial charge in [-0.15, -0.1) is 0 Å². The van der Waals surface area contributed by atoms with E-state index in [1.54, 1.807) is 13.0 Å². The summed E-state index contributed by atoms with van der Waals surface area (Å²) in [4.78, 5) is 13.0. The van der Waals surface area contributed by atoms with Gasteiger partial charge in [-0.05, 0) is 20.9 Å². The molecule has 1 atom stereocenters. The SMILES string of the molecule is COC(=O)C(C)=CCN(C)C(C)CO. The van der Waals surface area contributed by atoms with Crippen molar-refractivity contribution in [3.63, 3.8) is 0 Å². The Labute approximate surface area is 85.2 Å². The number of rotatable bonds is 5. The Bertz CT molecular complexity index is 213. The predicted octanol–water partition coefficient (Wildman–Crippen LogP) is 0.418. The van der Waals surface area contributed by atoms with Crippen LogP contribution in [0.15, 0.2) is 11.6 Å². The lowest BCUT2D eigenvalue weighted by Gasteiger charge is -2.21. The number of aliphatic hydroxyl groups is 1. The molecule has 0 amide bonds. The number of esters is 1. The van der Waals surface area contributed by atoms with Crippen LogP contribution in [-0.4, -0.2) is 49.3 Å². The summed E-state index contributed by atoms with van der Waals surface area (Å²) in [7, 11) is 3.25. The zero-order chi connectivity index (χ0) is 11.1. The molecule has 0 aromatic rings. The van der Waals surface area contributed by atoms with Gasteiger partial charge < -0.3 is 9.84 Å². The number of methoxy groups -OCH3 is 1. The van der Waals surface area contributed by atoms with Crippen LogP contribution in [0.4, 0.5) is 0 Å². The first kappa shape index (κ1) is 13.1. The average Bonchev–Trinajstić information content (AvgIpc) is 2.22. The maximum atomic E-state index is 11.0. The van der Waals surface area contributed by atoms with Crippen LogP contribution in [0.3, 0.4) is 0 Å². The summed E-state index contributed by atoms with van der Waals surface area (Å²) in [5.74, 6) is -0.310. The Morgan fingerprint density at radius 3 is 2.64 bits per heavy atom. The maximum Gasteiger partial charge on any atom is 0.333 e. The first-order valence-corrected chi connectivity index (χ1v) is 4.59. The van der Waals surface area contributed by atoms with Crippen molar-refractivity contribution in [2.45, 2.75) is 19.9 Å². The second-order valence-electron chi connectivity index (χ2n) is 3.35. The average molecular weight is 201 g/mol. The van der Waals surface area contributed by atoms with Crippen LogP contribution >= 0.6 is 0 Å². The van der Waals surface area contributed by atoms with E-state index in [0.29, 0.717) is 12.1 Å². The number of likely N-dealkylation sites (N-methyl/N-ethyl adjacent to an activating group) is 1. The molecule has 1 unspecified atom stereocenters. The van der Waals surface area contributed by atoms with E-state index in [9.17, 15) is 4.79 Å². The third-order valence-corrected chi connectivity index (χ3v) is 2.21. The van der Waals surface area contributed by atoms with Gasteiger partial charge in [0.15, 0.2) is 0 Å². The molecule has 0 heterocycles. The Morgan fingerprint density at radius 2 is 2.21 bits per heavy atom. The van der Waals surface area contributed by atoms with Crippen molar-refractivity contribution in [1.82, 2.24) is 4.90 Å². The Hall–Kier alpha value is -0.870. The van der Waals surface area contributed by atoms with Gasteiger partial charge in [0.2, 0.25) is 0 Å². The lowest BCUT2D eigenvalue weighted by atomic mass is 10.2. The monoisotopic (exact) mass is 201 g/mol. The molecular weight excluding hydrogens is 182 g/mol. The number of aliphatic hydroxyl groups excluding tert-OH is 1. The zero-order valence-electron chi connectivity index (χ0n) is 9.28. The van der Waals surface area contributed by atoms with Crippen molar-refractivity contribution in [2.24, 2.45) is 0 Å². The number of ether oxygens (including phenoxy) is 1. The van der Waals surface area contributed by atoms with Crippen LogP contribution in [-0.2, 0) is 9.53 Å². The van der Waals surface area contributed by atoms with Crippen molar-refractivity contribution in [2.75, 3.05) is 27.3 Å². The zero-order valence-corrected chi connectivity index (χ0v) is 9.28. The van der Waals surface area contributed by atoms with Crippen molar-refractivity contribution in [3.8, 4) is 0 Å². The molecule has 4 nitrogen and oxygen atoms in total. The highest BCUT2D eigenvalue weighted by Gasteiger charge is 2.07. The summed E-state index contributed by atoms with van der Waals surface area (Å²) in [6, 6.07) is 0.0942. The van der Waals surface area contributed by atoms with Crippen LogP contribution in [0.2, 0.25) is 0 Å². The highest BCUT2D eigenvalue weighted by atomic mass is 16.5. The molecule has 14 heavy (non-hydrogen) atoms. The second-order valence-corrected chi connectivity index (χ2v) is 3.35. The fraction of sp³-hybridized carbons (Fsp3) is 0.700. The number of carbonyl (C=O) groups excluding carboxylic acids is 1.